The van der Waals surface area contributed by atoms with Crippen LogP contribution in [-0.2, 0) is 16.0 Å². The van der Waals surface area contributed by atoms with Crippen LogP contribution < -0.4 is 0 Å². The number of aldehydes is 1. The number of nitrogens with zero attached hydrogens (tertiary/aromatic N) is 2. The maximum Gasteiger partial charge on any atom is 0.129 e. The normalized spacial score (nSPS) is 23.5. The summed E-state index contributed by atoms with van der Waals surface area (Å²) in [4.78, 5) is 17.9. The summed E-state index contributed by atoms with van der Waals surface area (Å²) < 4.78 is 5.47. The Hall–Kier alpha value is -1.26. The Kier molecular flexibility index (Phi) is 5.05. The highest BCUT2D eigenvalue weighted by molar-refractivity contribution is 5.60. The number of carbonyl (C=O) groups excluding carboxylic acids is 1. The number of pyridine rings is 1. The van der Waals surface area contributed by atoms with Gasteiger partial charge in [0, 0.05) is 38.0 Å². The Morgan fingerprint density at radius 2 is 2.42 bits per heavy atom. The Morgan fingerprint density at radius 1 is 1.53 bits per heavy atom. The summed E-state index contributed by atoms with van der Waals surface area (Å²) >= 11 is 0. The largest absolute Gasteiger partial charge is 0.380 e. The van der Waals surface area contributed by atoms with Gasteiger partial charge in [-0.2, -0.15) is 0 Å². The van der Waals surface area contributed by atoms with E-state index in [1.54, 1.807) is 0 Å². The van der Waals surface area contributed by atoms with Gasteiger partial charge in [0.25, 0.3) is 0 Å². The average molecular weight is 262 g/mol. The van der Waals surface area contributed by atoms with Gasteiger partial charge in [0.1, 0.15) is 6.29 Å². The third-order valence-corrected chi connectivity index (χ3v) is 3.66. The van der Waals surface area contributed by atoms with Crippen molar-refractivity contribution in [3.63, 3.8) is 0 Å². The van der Waals surface area contributed by atoms with Crippen molar-refractivity contribution < 1.29 is 9.53 Å². The first kappa shape index (κ1) is 14.2. The molecule has 1 aromatic rings. The number of rotatable bonds is 6. The third kappa shape index (κ3) is 4.11. The third-order valence-electron chi connectivity index (χ3n) is 3.66. The molecule has 0 aliphatic carbocycles. The van der Waals surface area contributed by atoms with Crippen molar-refractivity contribution in [2.24, 2.45) is 5.41 Å². The first-order valence-electron chi connectivity index (χ1n) is 6.87. The Balaban J connectivity index is 1.82. The van der Waals surface area contributed by atoms with E-state index in [9.17, 15) is 4.79 Å². The predicted octanol–water partition coefficient (Wildman–Crippen LogP) is 1.55. The van der Waals surface area contributed by atoms with Gasteiger partial charge < -0.3 is 14.4 Å². The van der Waals surface area contributed by atoms with Crippen LogP contribution in [0.1, 0.15) is 18.5 Å². The summed E-state index contributed by atoms with van der Waals surface area (Å²) in [5.41, 5.74) is 0.784. The van der Waals surface area contributed by atoms with Gasteiger partial charge in [-0.1, -0.05) is 6.07 Å². The minimum Gasteiger partial charge on any atom is -0.380 e. The molecule has 0 N–H and O–H groups in total. The molecule has 1 fully saturated rings. The smallest absolute Gasteiger partial charge is 0.129 e. The van der Waals surface area contributed by atoms with Crippen LogP contribution in [0.25, 0.3) is 0 Å². The van der Waals surface area contributed by atoms with E-state index in [0.717, 1.165) is 50.9 Å². The minimum atomic E-state index is -0.308. The van der Waals surface area contributed by atoms with Crippen molar-refractivity contribution in [2.75, 3.05) is 33.4 Å². The number of hydrogen-bond acceptors (Lipinski definition) is 4. The molecule has 0 aromatic carbocycles. The maximum atomic E-state index is 11.4. The van der Waals surface area contributed by atoms with E-state index in [4.69, 9.17) is 4.74 Å². The first-order chi connectivity index (χ1) is 9.24. The Labute approximate surface area is 114 Å². The van der Waals surface area contributed by atoms with Gasteiger partial charge in [-0.05, 0) is 32.0 Å². The fourth-order valence-electron chi connectivity index (χ4n) is 2.60. The van der Waals surface area contributed by atoms with Crippen LogP contribution in [-0.4, -0.2) is 49.5 Å². The zero-order valence-corrected chi connectivity index (χ0v) is 11.5. The zero-order chi connectivity index (χ0) is 13.6. The lowest BCUT2D eigenvalue weighted by atomic mass is 9.83. The first-order valence-corrected chi connectivity index (χ1v) is 6.87. The molecule has 2 heterocycles. The van der Waals surface area contributed by atoms with Crippen molar-refractivity contribution in [1.82, 2.24) is 9.88 Å². The molecular weight excluding hydrogens is 240 g/mol. The second kappa shape index (κ2) is 6.78. The van der Waals surface area contributed by atoms with Gasteiger partial charge >= 0.3 is 0 Å². The second-order valence-corrected chi connectivity index (χ2v) is 5.45. The van der Waals surface area contributed by atoms with Gasteiger partial charge in [0.05, 0.1) is 12.0 Å². The van der Waals surface area contributed by atoms with Crippen molar-refractivity contribution in [1.29, 1.82) is 0 Å². The monoisotopic (exact) mass is 262 g/mol. The fraction of sp³-hybridized carbons (Fsp3) is 0.600. The van der Waals surface area contributed by atoms with Crippen LogP contribution in [0.3, 0.4) is 0 Å². The molecule has 2 rings (SSSR count). The SMILES string of the molecule is CN(CCc1ccccn1)CC1(C=O)CCCOC1. The number of aromatic nitrogens is 1. The summed E-state index contributed by atoms with van der Waals surface area (Å²) in [5, 5.41) is 0. The minimum absolute atomic E-state index is 0.308. The molecule has 0 bridgehead atoms. The zero-order valence-electron chi connectivity index (χ0n) is 11.5. The number of likely N-dealkylation sites (N-methyl/N-ethyl adjacent to an activating group) is 1. The molecule has 19 heavy (non-hydrogen) atoms. The van der Waals surface area contributed by atoms with Crippen LogP contribution in [0.2, 0.25) is 0 Å². The summed E-state index contributed by atoms with van der Waals surface area (Å²) in [6.07, 6.45) is 5.73. The van der Waals surface area contributed by atoms with E-state index in [1.807, 2.05) is 24.4 Å². The number of ether oxygens (including phenoxy) is 1. The Bertz CT molecular complexity index is 388. The van der Waals surface area contributed by atoms with Crippen LogP contribution in [0, 0.1) is 5.41 Å². The van der Waals surface area contributed by atoms with Crippen molar-refractivity contribution in [3.05, 3.63) is 30.1 Å². The summed E-state index contributed by atoms with van der Waals surface area (Å²) in [6, 6.07) is 5.96. The average Bonchev–Trinajstić information content (AvgIpc) is 2.47. The second-order valence-electron chi connectivity index (χ2n) is 5.45. The van der Waals surface area contributed by atoms with E-state index >= 15 is 0 Å². The summed E-state index contributed by atoms with van der Waals surface area (Å²) in [7, 11) is 2.06. The molecule has 0 radical (unpaired) electrons. The lowest BCUT2D eigenvalue weighted by Crippen LogP contribution is -2.43. The lowest BCUT2D eigenvalue weighted by molar-refractivity contribution is -0.125. The van der Waals surface area contributed by atoms with Gasteiger partial charge in [0.15, 0.2) is 0 Å². The van der Waals surface area contributed by atoms with E-state index in [2.05, 4.69) is 16.9 Å². The quantitative estimate of drug-likeness (QED) is 0.730. The van der Waals surface area contributed by atoms with Crippen molar-refractivity contribution in [2.45, 2.75) is 19.3 Å². The van der Waals surface area contributed by atoms with E-state index in [-0.39, 0.29) is 5.41 Å². The number of carbonyl (C=O) groups is 1. The van der Waals surface area contributed by atoms with E-state index in [1.165, 1.54) is 0 Å². The van der Waals surface area contributed by atoms with Crippen LogP contribution in [0.5, 0.6) is 0 Å². The fourth-order valence-corrected chi connectivity index (χ4v) is 2.60. The Morgan fingerprint density at radius 3 is 3.05 bits per heavy atom. The molecule has 1 unspecified atom stereocenters. The van der Waals surface area contributed by atoms with E-state index in [0.29, 0.717) is 6.61 Å². The summed E-state index contributed by atoms with van der Waals surface area (Å²) in [5.74, 6) is 0. The lowest BCUT2D eigenvalue weighted by Gasteiger charge is -2.35. The van der Waals surface area contributed by atoms with Gasteiger partial charge in [-0.15, -0.1) is 0 Å². The molecule has 1 atom stereocenters. The predicted molar refractivity (Wildman–Crippen MR) is 74.0 cm³/mol. The maximum absolute atomic E-state index is 11.4. The number of hydrogen-bond donors (Lipinski definition) is 0. The standard InChI is InChI=1S/C15H22N2O2/c1-17(9-6-14-5-2-3-8-16-14)11-15(12-18)7-4-10-19-13-15/h2-3,5,8,12H,4,6-7,9-11,13H2,1H3. The molecule has 1 aliphatic rings. The molecular formula is C15H22N2O2. The van der Waals surface area contributed by atoms with Crippen molar-refractivity contribution >= 4 is 6.29 Å². The highest BCUT2D eigenvalue weighted by Gasteiger charge is 2.33. The molecule has 0 spiro atoms. The highest BCUT2D eigenvalue weighted by atomic mass is 16.5. The molecule has 104 valence electrons. The molecule has 1 saturated heterocycles. The summed E-state index contributed by atoms with van der Waals surface area (Å²) in [6.45, 7) is 3.02. The molecule has 0 saturated carbocycles. The molecule has 1 aromatic heterocycles. The van der Waals surface area contributed by atoms with Gasteiger partial charge in [-0.25, -0.2) is 0 Å². The van der Waals surface area contributed by atoms with Gasteiger partial charge in [0.2, 0.25) is 0 Å². The van der Waals surface area contributed by atoms with Crippen LogP contribution >= 0.6 is 0 Å². The van der Waals surface area contributed by atoms with E-state index < -0.39 is 0 Å². The molecule has 0 amide bonds. The van der Waals surface area contributed by atoms with Crippen LogP contribution in [0.15, 0.2) is 24.4 Å². The van der Waals surface area contributed by atoms with Crippen LogP contribution in [0.4, 0.5) is 0 Å². The van der Waals surface area contributed by atoms with Gasteiger partial charge in [-0.3, -0.25) is 4.98 Å². The highest BCUT2D eigenvalue weighted by Crippen LogP contribution is 2.27. The molecule has 1 aliphatic heterocycles. The topological polar surface area (TPSA) is 42.4 Å². The molecule has 4 nitrogen and oxygen atoms in total. The molecule has 4 heteroatoms. The van der Waals surface area contributed by atoms with Crippen molar-refractivity contribution in [3.8, 4) is 0 Å².